The van der Waals surface area contributed by atoms with Gasteiger partial charge in [-0.2, -0.15) is 0 Å². The van der Waals surface area contributed by atoms with E-state index in [0.717, 1.165) is 43.7 Å². The molecule has 0 saturated carbocycles. The third-order valence-electron chi connectivity index (χ3n) is 7.60. The second-order valence-corrected chi connectivity index (χ2v) is 12.4. The van der Waals surface area contributed by atoms with Crippen molar-refractivity contribution >= 4 is 50.6 Å². The molecule has 5 heteroatoms. The van der Waals surface area contributed by atoms with Crippen LogP contribution in [0.15, 0.2) is 119 Å². The lowest BCUT2D eigenvalue weighted by atomic mass is 9.88. The first-order valence-corrected chi connectivity index (χ1v) is 14.3. The molecule has 2 aromatic heterocycles. The molecule has 0 N–H and O–H groups in total. The lowest BCUT2D eigenvalue weighted by Gasteiger charge is -2.20. The fourth-order valence-corrected chi connectivity index (χ4v) is 6.46. The van der Waals surface area contributed by atoms with Gasteiger partial charge in [-0.25, -0.2) is 4.98 Å². The van der Waals surface area contributed by atoms with Gasteiger partial charge in [0, 0.05) is 43.5 Å². The molecule has 0 aliphatic carbocycles. The van der Waals surface area contributed by atoms with Crippen molar-refractivity contribution in [2.45, 2.75) is 36.0 Å². The maximum Gasteiger partial charge on any atom is 0.137 e. The van der Waals surface area contributed by atoms with Crippen molar-refractivity contribution in [3.05, 3.63) is 115 Å². The molecule has 0 atom stereocenters. The zero-order valence-corrected chi connectivity index (χ0v) is 23.6. The molecule has 1 aliphatic rings. The van der Waals surface area contributed by atoms with Crippen LogP contribution in [0.25, 0.3) is 27.6 Å². The topological polar surface area (TPSA) is 24.3 Å². The molecule has 198 valence electrons. The number of rotatable bonds is 4. The van der Waals surface area contributed by atoms with Gasteiger partial charge in [-0.3, -0.25) is 4.57 Å². The van der Waals surface area contributed by atoms with Crippen LogP contribution < -0.4 is 9.80 Å². The molecule has 4 nitrogen and oxygen atoms in total. The van der Waals surface area contributed by atoms with Crippen molar-refractivity contribution in [2.75, 3.05) is 23.4 Å². The fourth-order valence-electron chi connectivity index (χ4n) is 5.55. The van der Waals surface area contributed by atoms with Crippen LogP contribution in [0.4, 0.5) is 17.1 Å². The van der Waals surface area contributed by atoms with Gasteiger partial charge in [-0.1, -0.05) is 75.0 Å². The van der Waals surface area contributed by atoms with E-state index >= 15 is 0 Å². The summed E-state index contributed by atoms with van der Waals surface area (Å²) in [5.74, 6) is 0.911. The molecule has 40 heavy (non-hydrogen) atoms. The molecule has 0 saturated heterocycles. The molecule has 0 radical (unpaired) electrons. The number of anilines is 3. The number of nitrogens with zero attached hydrogens (tertiary/aromatic N) is 4. The van der Waals surface area contributed by atoms with E-state index in [2.05, 4.69) is 97.0 Å². The summed E-state index contributed by atoms with van der Waals surface area (Å²) in [6.07, 6.45) is 1.91. The zero-order valence-electron chi connectivity index (χ0n) is 25.8. The maximum absolute atomic E-state index is 8.05. The molecule has 6 aromatic rings. The van der Waals surface area contributed by atoms with Crippen molar-refractivity contribution in [3.8, 4) is 5.82 Å². The predicted molar refractivity (Wildman–Crippen MR) is 170 cm³/mol. The highest BCUT2D eigenvalue weighted by molar-refractivity contribution is 7.99. The highest BCUT2D eigenvalue weighted by Crippen LogP contribution is 2.42. The summed E-state index contributed by atoms with van der Waals surface area (Å²) in [6, 6.07) is 35.5. The summed E-state index contributed by atoms with van der Waals surface area (Å²) in [6.45, 7) is 4.73. The normalized spacial score (nSPS) is 14.8. The summed E-state index contributed by atoms with van der Waals surface area (Å²) in [4.78, 5) is 10.6. The Bertz CT molecular complexity index is 1990. The average Bonchev–Trinajstić information content (AvgIpc) is 3.53. The first-order valence-electron chi connectivity index (χ1n) is 15.0. The lowest BCUT2D eigenvalue weighted by Crippen LogP contribution is -2.23. The standard InChI is InChI=1S/C35H32N4S/c1-35(2,3)24-18-19-36-34(20-24)39-30-13-6-5-12-28(30)29-17-16-27(22-33(29)39)40-26-11-9-10-25(21-26)38-23-37(4)31-14-7-8-15-32(31)38/h5-22H,23H2,1-4H3/i4D3. The van der Waals surface area contributed by atoms with E-state index in [1.54, 1.807) is 11.8 Å². The summed E-state index contributed by atoms with van der Waals surface area (Å²) in [7, 11) is 0. The van der Waals surface area contributed by atoms with E-state index < -0.39 is 6.98 Å². The van der Waals surface area contributed by atoms with Gasteiger partial charge in [0.2, 0.25) is 0 Å². The van der Waals surface area contributed by atoms with E-state index in [-0.39, 0.29) is 12.1 Å². The smallest absolute Gasteiger partial charge is 0.137 e. The predicted octanol–water partition coefficient (Wildman–Crippen LogP) is 9.17. The third-order valence-corrected chi connectivity index (χ3v) is 8.58. The second kappa shape index (κ2) is 9.46. The van der Waals surface area contributed by atoms with Gasteiger partial charge in [-0.05, 0) is 71.6 Å². The van der Waals surface area contributed by atoms with Gasteiger partial charge >= 0.3 is 0 Å². The Labute approximate surface area is 244 Å². The van der Waals surface area contributed by atoms with E-state index in [4.69, 9.17) is 9.10 Å². The first kappa shape index (κ1) is 21.6. The van der Waals surface area contributed by atoms with Crippen molar-refractivity contribution in [1.29, 1.82) is 0 Å². The highest BCUT2D eigenvalue weighted by Gasteiger charge is 2.24. The van der Waals surface area contributed by atoms with Crippen molar-refractivity contribution in [3.63, 3.8) is 0 Å². The van der Waals surface area contributed by atoms with E-state index in [1.807, 2.05) is 42.6 Å². The molecule has 7 rings (SSSR count). The Balaban J connectivity index is 1.28. The number of para-hydroxylation sites is 3. The van der Waals surface area contributed by atoms with Gasteiger partial charge in [0.1, 0.15) is 5.82 Å². The molecule has 0 spiro atoms. The van der Waals surface area contributed by atoms with Crippen LogP contribution in [0.5, 0.6) is 0 Å². The monoisotopic (exact) mass is 543 g/mol. The van der Waals surface area contributed by atoms with Crippen LogP contribution in [0.3, 0.4) is 0 Å². The molecule has 0 unspecified atom stereocenters. The first-order chi connectivity index (χ1) is 20.6. The fraction of sp³-hybridized carbons (Fsp3) is 0.171. The molecule has 3 heterocycles. The van der Waals surface area contributed by atoms with Crippen molar-refractivity contribution in [2.24, 2.45) is 0 Å². The van der Waals surface area contributed by atoms with E-state index in [1.165, 1.54) is 21.2 Å². The SMILES string of the molecule is [2H]C([2H])([2H])N1CN(c2cccc(Sc3ccc4c5ccccc5n(-c5cc(C(C)(C)C)ccn5)c4c3)c2)c2ccccc21. The minimum atomic E-state index is -2.22. The minimum absolute atomic E-state index is 0.0128. The lowest BCUT2D eigenvalue weighted by molar-refractivity contribution is 0.588. The van der Waals surface area contributed by atoms with Crippen molar-refractivity contribution in [1.82, 2.24) is 9.55 Å². The van der Waals surface area contributed by atoms with Crippen LogP contribution in [0.1, 0.15) is 30.4 Å². The summed E-state index contributed by atoms with van der Waals surface area (Å²) in [5, 5.41) is 2.39. The maximum atomic E-state index is 8.05. The minimum Gasteiger partial charge on any atom is -0.355 e. The van der Waals surface area contributed by atoms with Crippen LogP contribution >= 0.6 is 11.8 Å². The Morgan fingerprint density at radius 1 is 0.750 bits per heavy atom. The van der Waals surface area contributed by atoms with Gasteiger partial charge in [0.25, 0.3) is 0 Å². The number of hydrogen-bond donors (Lipinski definition) is 0. The Morgan fingerprint density at radius 3 is 2.38 bits per heavy atom. The van der Waals surface area contributed by atoms with Crippen LogP contribution in [0, 0.1) is 0 Å². The molecule has 0 amide bonds. The molecule has 0 bridgehead atoms. The Kier molecular flexibility index (Phi) is 5.10. The number of benzene rings is 4. The molecular formula is C35H32N4S. The summed E-state index contributed by atoms with van der Waals surface area (Å²) in [5.41, 5.74) is 6.08. The van der Waals surface area contributed by atoms with Crippen LogP contribution in [0.2, 0.25) is 0 Å². The number of fused-ring (bicyclic) bond motifs is 4. The third kappa shape index (κ3) is 4.22. The average molecular weight is 544 g/mol. The number of aromatic nitrogens is 2. The largest absolute Gasteiger partial charge is 0.355 e. The van der Waals surface area contributed by atoms with Crippen LogP contribution in [-0.4, -0.2) is 23.2 Å². The summed E-state index contributed by atoms with van der Waals surface area (Å²) >= 11 is 1.70. The second-order valence-electron chi connectivity index (χ2n) is 11.3. The number of pyridine rings is 1. The highest BCUT2D eigenvalue weighted by atomic mass is 32.2. The zero-order chi connectivity index (χ0) is 29.9. The van der Waals surface area contributed by atoms with Gasteiger partial charge < -0.3 is 9.80 Å². The Hall–Kier alpha value is -4.22. The van der Waals surface area contributed by atoms with Crippen LogP contribution in [-0.2, 0) is 5.41 Å². The van der Waals surface area contributed by atoms with Gasteiger partial charge in [-0.15, -0.1) is 0 Å². The quantitative estimate of drug-likeness (QED) is 0.221. The van der Waals surface area contributed by atoms with E-state index in [0.29, 0.717) is 0 Å². The molecule has 0 fully saturated rings. The van der Waals surface area contributed by atoms with Gasteiger partial charge in [0.05, 0.1) is 29.1 Å². The van der Waals surface area contributed by atoms with Crippen molar-refractivity contribution < 1.29 is 4.11 Å². The molecule has 1 aliphatic heterocycles. The van der Waals surface area contributed by atoms with Gasteiger partial charge in [0.15, 0.2) is 0 Å². The number of hydrogen-bond acceptors (Lipinski definition) is 4. The van der Waals surface area contributed by atoms with E-state index in [9.17, 15) is 0 Å². The Morgan fingerprint density at radius 2 is 1.52 bits per heavy atom. The molecular weight excluding hydrogens is 508 g/mol. The summed E-state index contributed by atoms with van der Waals surface area (Å²) < 4.78 is 26.4. The molecule has 4 aromatic carbocycles.